The molecule has 7 heteroatoms. The Balaban J connectivity index is 1.08. The van der Waals surface area contributed by atoms with Crippen LogP contribution < -0.4 is 0 Å². The third-order valence-electron chi connectivity index (χ3n) is 11.6. The lowest BCUT2D eigenvalue weighted by Crippen LogP contribution is -2.05. The zero-order valence-electron chi connectivity index (χ0n) is 34.5. The predicted octanol–water partition coefficient (Wildman–Crippen LogP) is 14.0. The molecule has 11 rings (SSSR count). The molecule has 298 valence electrons. The highest BCUT2D eigenvalue weighted by Crippen LogP contribution is 2.41. The van der Waals surface area contributed by atoms with Crippen LogP contribution in [0.2, 0.25) is 0 Å². The quantitative estimate of drug-likeness (QED) is 0.136. The number of aromatic nitrogens is 6. The van der Waals surface area contributed by atoms with E-state index in [-0.39, 0.29) is 0 Å². The summed E-state index contributed by atoms with van der Waals surface area (Å²) in [6.45, 7) is 6.07. The zero-order valence-corrected chi connectivity index (χ0v) is 34.5. The fourth-order valence-electron chi connectivity index (χ4n) is 8.66. The van der Waals surface area contributed by atoms with E-state index in [1.807, 2.05) is 73.8 Å². The molecule has 0 aliphatic heterocycles. The summed E-state index contributed by atoms with van der Waals surface area (Å²) >= 11 is 0. The summed E-state index contributed by atoms with van der Waals surface area (Å²) < 4.78 is 4.34. The number of allylic oxidation sites excluding steroid dienone is 1. The smallest absolute Gasteiger partial charge is 0.235 e. The molecule has 0 N–H and O–H groups in total. The minimum Gasteiger partial charge on any atom is -0.292 e. The molecule has 6 aromatic carbocycles. The SMILES string of the molecule is C=Nc1c(/C=C\C)n(-c2nc(-c3ccccc3)cc(-c3ccccc3)n2)c2ccc(-c3ccc4c(c3)c3ncccc3n4-c3cc(-c4ccccc4)cc(-c4ccccc4)n3)cc12. The van der Waals surface area contributed by atoms with Gasteiger partial charge in [0.2, 0.25) is 5.95 Å². The molecule has 63 heavy (non-hydrogen) atoms. The van der Waals surface area contributed by atoms with Crippen molar-refractivity contribution in [3.05, 3.63) is 206 Å². The molecular formula is C56H39N7. The van der Waals surface area contributed by atoms with E-state index in [0.717, 1.165) is 106 Å². The second-order valence-electron chi connectivity index (χ2n) is 15.4. The van der Waals surface area contributed by atoms with Crippen molar-refractivity contribution in [2.24, 2.45) is 4.99 Å². The van der Waals surface area contributed by atoms with Crippen molar-refractivity contribution in [1.82, 2.24) is 29.1 Å². The van der Waals surface area contributed by atoms with E-state index in [1.165, 1.54) is 0 Å². The molecule has 7 nitrogen and oxygen atoms in total. The Kier molecular flexibility index (Phi) is 9.40. The Morgan fingerprint density at radius 1 is 0.460 bits per heavy atom. The zero-order chi connectivity index (χ0) is 42.3. The average Bonchev–Trinajstić information content (AvgIpc) is 3.86. The summed E-state index contributed by atoms with van der Waals surface area (Å²) in [5.41, 5.74) is 15.4. The van der Waals surface area contributed by atoms with Crippen LogP contribution in [-0.2, 0) is 0 Å². The van der Waals surface area contributed by atoms with Crippen LogP contribution in [0.3, 0.4) is 0 Å². The fraction of sp³-hybridized carbons (Fsp3) is 0.0179. The van der Waals surface area contributed by atoms with E-state index in [2.05, 4.69) is 160 Å². The Hall–Kier alpha value is -8.55. The second kappa shape index (κ2) is 15.8. The number of rotatable bonds is 9. The van der Waals surface area contributed by atoms with Gasteiger partial charge in [0.25, 0.3) is 0 Å². The van der Waals surface area contributed by atoms with Crippen molar-refractivity contribution < 1.29 is 0 Å². The van der Waals surface area contributed by atoms with Gasteiger partial charge >= 0.3 is 0 Å². The van der Waals surface area contributed by atoms with Gasteiger partial charge in [0.05, 0.1) is 50.5 Å². The maximum absolute atomic E-state index is 5.30. The van der Waals surface area contributed by atoms with Crippen molar-refractivity contribution in [1.29, 1.82) is 0 Å². The number of hydrogen-bond acceptors (Lipinski definition) is 5. The monoisotopic (exact) mass is 809 g/mol. The molecule has 0 spiro atoms. The molecule has 0 amide bonds. The van der Waals surface area contributed by atoms with Crippen molar-refractivity contribution >= 4 is 51.3 Å². The van der Waals surface area contributed by atoms with Gasteiger partial charge in [-0.1, -0.05) is 140 Å². The van der Waals surface area contributed by atoms with Gasteiger partial charge in [0, 0.05) is 33.7 Å². The lowest BCUT2D eigenvalue weighted by atomic mass is 10.0. The van der Waals surface area contributed by atoms with Crippen molar-refractivity contribution in [3.63, 3.8) is 0 Å². The van der Waals surface area contributed by atoms with Gasteiger partial charge in [-0.25, -0.2) is 15.0 Å². The number of hydrogen-bond donors (Lipinski definition) is 0. The first-order valence-corrected chi connectivity index (χ1v) is 21.0. The second-order valence-corrected chi connectivity index (χ2v) is 15.4. The minimum absolute atomic E-state index is 0.552. The van der Waals surface area contributed by atoms with E-state index in [1.54, 1.807) is 0 Å². The molecule has 0 radical (unpaired) electrons. The normalized spacial score (nSPS) is 11.6. The predicted molar refractivity (Wildman–Crippen MR) is 260 cm³/mol. The maximum atomic E-state index is 5.30. The number of fused-ring (bicyclic) bond motifs is 4. The molecule has 0 bridgehead atoms. The van der Waals surface area contributed by atoms with Gasteiger partial charge in [-0.2, -0.15) is 0 Å². The third kappa shape index (κ3) is 6.69. The Morgan fingerprint density at radius 2 is 1.00 bits per heavy atom. The molecule has 5 aromatic heterocycles. The first-order valence-electron chi connectivity index (χ1n) is 21.0. The summed E-state index contributed by atoms with van der Waals surface area (Å²) in [4.78, 5) is 25.3. The van der Waals surface area contributed by atoms with Crippen LogP contribution in [0.1, 0.15) is 12.6 Å². The van der Waals surface area contributed by atoms with E-state index in [0.29, 0.717) is 5.95 Å². The molecule has 0 saturated heterocycles. The van der Waals surface area contributed by atoms with Crippen LogP contribution in [0.4, 0.5) is 5.69 Å². The molecule has 0 saturated carbocycles. The molecule has 0 atom stereocenters. The van der Waals surface area contributed by atoms with Crippen molar-refractivity contribution in [2.75, 3.05) is 0 Å². The number of aliphatic imine (C=N–C) groups is 1. The maximum Gasteiger partial charge on any atom is 0.235 e. The van der Waals surface area contributed by atoms with Gasteiger partial charge in [0.15, 0.2) is 0 Å². The van der Waals surface area contributed by atoms with Gasteiger partial charge in [-0.05, 0) is 96.6 Å². The Labute approximate surface area is 364 Å². The molecule has 0 aliphatic carbocycles. The standard InChI is InChI=1S/C56H39N7/c1-3-17-51-54(57-2)44-32-41(28-30-50(44)63(51)56-60-47(39-22-12-6-13-23-39)36-48(61-56)40-24-14-7-15-25-40)42-27-29-49-45(33-42)55-52(26-16-31-58-55)62(49)53-35-43(37-18-8-4-9-19-37)34-46(59-53)38-20-10-5-11-21-38/h3-36H,2H2,1H3/b17-3-. The molecule has 11 aromatic rings. The first kappa shape index (κ1) is 37.4. The Morgan fingerprint density at radius 3 is 1.57 bits per heavy atom. The van der Waals surface area contributed by atoms with Crippen molar-refractivity contribution in [3.8, 4) is 67.8 Å². The van der Waals surface area contributed by atoms with Crippen LogP contribution >= 0.6 is 0 Å². The van der Waals surface area contributed by atoms with Crippen LogP contribution in [0.15, 0.2) is 205 Å². The minimum atomic E-state index is 0.552. The summed E-state index contributed by atoms with van der Waals surface area (Å²) in [6.07, 6.45) is 5.93. The van der Waals surface area contributed by atoms with Gasteiger partial charge in [-0.15, -0.1) is 0 Å². The van der Waals surface area contributed by atoms with Crippen molar-refractivity contribution in [2.45, 2.75) is 6.92 Å². The topological polar surface area (TPSA) is 73.8 Å². The third-order valence-corrected chi connectivity index (χ3v) is 11.6. The highest BCUT2D eigenvalue weighted by atomic mass is 15.2. The highest BCUT2D eigenvalue weighted by molar-refractivity contribution is 6.09. The lowest BCUT2D eigenvalue weighted by molar-refractivity contribution is 0.959. The number of nitrogens with zero attached hydrogens (tertiary/aromatic N) is 7. The van der Waals surface area contributed by atoms with E-state index in [4.69, 9.17) is 19.9 Å². The molecule has 5 heterocycles. The molecule has 0 unspecified atom stereocenters. The molecule has 0 aliphatic rings. The van der Waals surface area contributed by atoms with Gasteiger partial charge in [0.1, 0.15) is 5.82 Å². The summed E-state index contributed by atoms with van der Waals surface area (Å²) in [6, 6.07) is 64.9. The van der Waals surface area contributed by atoms with Gasteiger partial charge in [-0.3, -0.25) is 19.1 Å². The Bertz CT molecular complexity index is 3400. The van der Waals surface area contributed by atoms with Crippen LogP contribution in [0.5, 0.6) is 0 Å². The summed E-state index contributed by atoms with van der Waals surface area (Å²) in [5, 5.41) is 1.98. The highest BCUT2D eigenvalue weighted by Gasteiger charge is 2.22. The average molecular weight is 810 g/mol. The fourth-order valence-corrected chi connectivity index (χ4v) is 8.66. The lowest BCUT2D eigenvalue weighted by Gasteiger charge is -2.13. The van der Waals surface area contributed by atoms with Crippen LogP contribution in [0, 0.1) is 0 Å². The van der Waals surface area contributed by atoms with E-state index >= 15 is 0 Å². The number of pyridine rings is 2. The molecular weight excluding hydrogens is 771 g/mol. The van der Waals surface area contributed by atoms with E-state index < -0.39 is 0 Å². The number of benzene rings is 6. The summed E-state index contributed by atoms with van der Waals surface area (Å²) in [7, 11) is 0. The van der Waals surface area contributed by atoms with Crippen LogP contribution in [0.25, 0.3) is 107 Å². The first-order chi connectivity index (χ1) is 31.1. The van der Waals surface area contributed by atoms with Gasteiger partial charge < -0.3 is 0 Å². The summed E-state index contributed by atoms with van der Waals surface area (Å²) in [5.74, 6) is 1.38. The van der Waals surface area contributed by atoms with E-state index in [9.17, 15) is 0 Å². The molecule has 0 fully saturated rings. The largest absolute Gasteiger partial charge is 0.292 e. The van der Waals surface area contributed by atoms with Crippen LogP contribution in [-0.4, -0.2) is 35.8 Å².